The van der Waals surface area contributed by atoms with Crippen molar-refractivity contribution in [1.82, 2.24) is 14.8 Å². The van der Waals surface area contributed by atoms with Crippen molar-refractivity contribution in [3.05, 3.63) is 105 Å². The zero-order valence-electron chi connectivity index (χ0n) is 31.5. The molecule has 2 aliphatic rings. The summed E-state index contributed by atoms with van der Waals surface area (Å²) in [7, 11) is 0. The summed E-state index contributed by atoms with van der Waals surface area (Å²) in [5.74, 6) is 2.17. The maximum Gasteiger partial charge on any atom is 0.142 e. The lowest BCUT2D eigenvalue weighted by molar-refractivity contribution is 0.0851. The standard InChI is InChI=1S/C44H53ClN4O4/c1-31-11-4-6-18-49(31)27-37-22-41(45)44(23-43(37)52-29-35-21-34(24-46)25-47-26-35)53-30-36-12-8-14-39(32(36)2)40-15-9-16-42(33(40)3)51-20-10-19-48-17-7-5-13-38(48)28-50/h8-9,12,14-16,21-23,25-26,31,38,50H,4-7,10-11,13,17-20,27-30H2,1-3H3/t31-,38?/m1/s1. The lowest BCUT2D eigenvalue weighted by Gasteiger charge is -2.34. The molecule has 6 rings (SSSR count). The predicted molar refractivity (Wildman–Crippen MR) is 211 cm³/mol. The van der Waals surface area contributed by atoms with Crippen molar-refractivity contribution >= 4 is 11.6 Å². The zero-order valence-corrected chi connectivity index (χ0v) is 32.2. The van der Waals surface area contributed by atoms with Crippen LogP contribution in [0.25, 0.3) is 11.1 Å². The second-order valence-electron chi connectivity index (χ2n) is 14.6. The molecule has 2 atom stereocenters. The number of aliphatic hydroxyl groups excluding tert-OH is 1. The van der Waals surface area contributed by atoms with Crippen LogP contribution >= 0.6 is 11.6 Å². The van der Waals surface area contributed by atoms with Gasteiger partial charge in [-0.15, -0.1) is 0 Å². The van der Waals surface area contributed by atoms with Crippen molar-refractivity contribution < 1.29 is 19.3 Å². The highest BCUT2D eigenvalue weighted by Crippen LogP contribution is 2.37. The number of ether oxygens (including phenoxy) is 3. The van der Waals surface area contributed by atoms with Crippen LogP contribution in [-0.2, 0) is 19.8 Å². The first-order chi connectivity index (χ1) is 25.8. The van der Waals surface area contributed by atoms with E-state index in [0.29, 0.717) is 41.3 Å². The molecule has 2 saturated heterocycles. The Kier molecular flexibility index (Phi) is 13.7. The van der Waals surface area contributed by atoms with Gasteiger partial charge in [-0.25, -0.2) is 0 Å². The molecule has 2 aliphatic heterocycles. The zero-order chi connectivity index (χ0) is 37.2. The Morgan fingerprint density at radius 3 is 2.38 bits per heavy atom. The third kappa shape index (κ3) is 9.90. The molecule has 0 radical (unpaired) electrons. The minimum atomic E-state index is 0.233. The number of benzene rings is 3. The minimum absolute atomic E-state index is 0.233. The number of aromatic nitrogens is 1. The van der Waals surface area contributed by atoms with Crippen molar-refractivity contribution in [2.24, 2.45) is 0 Å². The molecule has 3 aromatic carbocycles. The summed E-state index contributed by atoms with van der Waals surface area (Å²) in [6, 6.07) is 21.2. The highest BCUT2D eigenvalue weighted by Gasteiger charge is 2.23. The van der Waals surface area contributed by atoms with E-state index in [1.165, 1.54) is 32.1 Å². The fraction of sp³-hybridized carbons (Fsp3) is 0.455. The number of nitrogens with zero attached hydrogens (tertiary/aromatic N) is 4. The quantitative estimate of drug-likeness (QED) is 0.121. The van der Waals surface area contributed by atoms with Crippen molar-refractivity contribution in [3.8, 4) is 34.4 Å². The van der Waals surface area contributed by atoms with Crippen LogP contribution < -0.4 is 14.2 Å². The first-order valence-electron chi connectivity index (χ1n) is 19.2. The van der Waals surface area contributed by atoms with Crippen molar-refractivity contribution in [1.29, 1.82) is 5.26 Å². The molecular formula is C44H53ClN4O4. The molecule has 0 bridgehead atoms. The van der Waals surface area contributed by atoms with Gasteiger partial charge >= 0.3 is 0 Å². The summed E-state index contributed by atoms with van der Waals surface area (Å²) >= 11 is 6.92. The first kappa shape index (κ1) is 38.6. The topological polar surface area (TPSA) is 91.1 Å². The Bertz CT molecular complexity index is 1880. The average Bonchev–Trinajstić information content (AvgIpc) is 3.18. The molecule has 0 saturated carbocycles. The minimum Gasteiger partial charge on any atom is -0.493 e. The Labute approximate surface area is 320 Å². The molecule has 1 N–H and O–H groups in total. The van der Waals surface area contributed by atoms with Crippen LogP contribution in [0.5, 0.6) is 17.2 Å². The fourth-order valence-corrected chi connectivity index (χ4v) is 7.95. The summed E-state index contributed by atoms with van der Waals surface area (Å²) in [5.41, 5.74) is 7.93. The van der Waals surface area contributed by atoms with E-state index < -0.39 is 0 Å². The second kappa shape index (κ2) is 18.8. The number of aliphatic hydroxyl groups is 1. The van der Waals surface area contributed by atoms with Crippen LogP contribution in [0.1, 0.15) is 85.3 Å². The summed E-state index contributed by atoms with van der Waals surface area (Å²) in [6.07, 6.45) is 11.3. The third-order valence-electron chi connectivity index (χ3n) is 11.0. The third-order valence-corrected chi connectivity index (χ3v) is 11.3. The summed E-state index contributed by atoms with van der Waals surface area (Å²) in [6.45, 7) is 11.8. The number of hydrogen-bond acceptors (Lipinski definition) is 8. The van der Waals surface area contributed by atoms with Gasteiger partial charge < -0.3 is 19.3 Å². The van der Waals surface area contributed by atoms with E-state index in [1.807, 2.05) is 18.2 Å². The van der Waals surface area contributed by atoms with E-state index in [9.17, 15) is 10.4 Å². The summed E-state index contributed by atoms with van der Waals surface area (Å²) in [5, 5.41) is 19.7. The van der Waals surface area contributed by atoms with Crippen LogP contribution in [0.15, 0.2) is 67.0 Å². The molecule has 2 fully saturated rings. The normalized spacial score (nSPS) is 18.0. The van der Waals surface area contributed by atoms with Crippen LogP contribution in [0.2, 0.25) is 5.02 Å². The van der Waals surface area contributed by atoms with Gasteiger partial charge in [0, 0.05) is 54.8 Å². The molecule has 4 aromatic rings. The number of pyridine rings is 1. The Morgan fingerprint density at radius 2 is 1.58 bits per heavy atom. The van der Waals surface area contributed by atoms with Gasteiger partial charge in [0.2, 0.25) is 0 Å². The molecule has 280 valence electrons. The SMILES string of the molecule is Cc1c(COc2cc(OCc3cncc(C#N)c3)c(CN3CCCC[C@H]3C)cc2Cl)cccc1-c1cccc(OCCCN2CCCCC2CO)c1C. The number of piperidine rings is 2. The Balaban J connectivity index is 1.16. The summed E-state index contributed by atoms with van der Waals surface area (Å²) in [4.78, 5) is 9.10. The molecule has 53 heavy (non-hydrogen) atoms. The van der Waals surface area contributed by atoms with Gasteiger partial charge in [-0.2, -0.15) is 5.26 Å². The predicted octanol–water partition coefficient (Wildman–Crippen LogP) is 9.04. The molecular weight excluding hydrogens is 684 g/mol. The van der Waals surface area contributed by atoms with E-state index in [-0.39, 0.29) is 19.3 Å². The number of nitriles is 1. The molecule has 0 aliphatic carbocycles. The van der Waals surface area contributed by atoms with Crippen molar-refractivity contribution in [3.63, 3.8) is 0 Å². The molecule has 0 spiro atoms. The van der Waals surface area contributed by atoms with Crippen molar-refractivity contribution in [2.75, 3.05) is 32.8 Å². The van der Waals surface area contributed by atoms with E-state index in [0.717, 1.165) is 83.7 Å². The van der Waals surface area contributed by atoms with Crippen molar-refractivity contribution in [2.45, 2.75) is 97.6 Å². The van der Waals surface area contributed by atoms with Crippen LogP contribution in [0.4, 0.5) is 0 Å². The van der Waals surface area contributed by atoms with Gasteiger partial charge in [0.1, 0.15) is 36.5 Å². The molecule has 1 unspecified atom stereocenters. The number of hydrogen-bond donors (Lipinski definition) is 1. The van der Waals surface area contributed by atoms with Crippen LogP contribution in [-0.4, -0.2) is 64.8 Å². The van der Waals surface area contributed by atoms with Gasteiger partial charge in [-0.1, -0.05) is 54.8 Å². The highest BCUT2D eigenvalue weighted by atomic mass is 35.5. The summed E-state index contributed by atoms with van der Waals surface area (Å²) < 4.78 is 19.2. The smallest absolute Gasteiger partial charge is 0.142 e. The molecule has 0 amide bonds. The van der Waals surface area contributed by atoms with Gasteiger partial charge in [0.15, 0.2) is 0 Å². The lowest BCUT2D eigenvalue weighted by Crippen LogP contribution is -2.42. The Hall–Kier alpha value is -4.13. The molecule has 3 heterocycles. The average molecular weight is 737 g/mol. The molecule has 9 heteroatoms. The lowest BCUT2D eigenvalue weighted by atomic mass is 9.93. The van der Waals surface area contributed by atoms with Crippen LogP contribution in [0.3, 0.4) is 0 Å². The fourth-order valence-electron chi connectivity index (χ4n) is 7.71. The maximum absolute atomic E-state index is 9.76. The van der Waals surface area contributed by atoms with Gasteiger partial charge in [-0.3, -0.25) is 14.8 Å². The highest BCUT2D eigenvalue weighted by molar-refractivity contribution is 6.32. The van der Waals surface area contributed by atoms with E-state index in [4.69, 9.17) is 25.8 Å². The monoisotopic (exact) mass is 736 g/mol. The van der Waals surface area contributed by atoms with E-state index >= 15 is 0 Å². The molecule has 1 aromatic heterocycles. The maximum atomic E-state index is 9.76. The van der Waals surface area contributed by atoms with Gasteiger partial charge in [0.05, 0.1) is 23.8 Å². The largest absolute Gasteiger partial charge is 0.493 e. The second-order valence-corrected chi connectivity index (χ2v) is 15.0. The first-order valence-corrected chi connectivity index (χ1v) is 19.5. The van der Waals surface area contributed by atoms with Gasteiger partial charge in [-0.05, 0) is 112 Å². The van der Waals surface area contributed by atoms with E-state index in [1.54, 1.807) is 18.5 Å². The number of rotatable bonds is 15. The Morgan fingerprint density at radius 1 is 0.830 bits per heavy atom. The van der Waals surface area contributed by atoms with Gasteiger partial charge in [0.25, 0.3) is 0 Å². The van der Waals surface area contributed by atoms with Crippen LogP contribution in [0, 0.1) is 25.2 Å². The van der Waals surface area contributed by atoms with E-state index in [2.05, 4.69) is 72.0 Å². The molecule has 8 nitrogen and oxygen atoms in total. The number of likely N-dealkylation sites (tertiary alicyclic amines) is 2. The number of halogens is 1.